The van der Waals surface area contributed by atoms with Crippen molar-refractivity contribution in [1.82, 2.24) is 10.3 Å². The molecule has 4 nitrogen and oxygen atoms in total. The first-order chi connectivity index (χ1) is 8.35. The van der Waals surface area contributed by atoms with Crippen LogP contribution in [0.15, 0.2) is 24.5 Å². The van der Waals surface area contributed by atoms with Crippen LogP contribution in [0.2, 0.25) is 0 Å². The summed E-state index contributed by atoms with van der Waals surface area (Å²) in [5, 5.41) is 2.63. The molecule has 0 bridgehead atoms. The molecule has 1 N–H and O–H groups in total. The smallest absolute Gasteiger partial charge is 0.253 e. The SMILES string of the molecule is CC(C)C(C)(C)C(=O)CNC(=O)c1cccnc1. The molecule has 0 aliphatic heterocycles. The third-order valence-electron chi connectivity index (χ3n) is 3.50. The molecule has 1 amide bonds. The van der Waals surface area contributed by atoms with Gasteiger partial charge in [0.15, 0.2) is 5.78 Å². The minimum Gasteiger partial charge on any atom is -0.345 e. The fourth-order valence-electron chi connectivity index (χ4n) is 1.31. The average molecular weight is 248 g/mol. The number of rotatable bonds is 5. The van der Waals surface area contributed by atoms with Gasteiger partial charge in [-0.15, -0.1) is 0 Å². The molecule has 1 rings (SSSR count). The van der Waals surface area contributed by atoms with Crippen LogP contribution in [-0.4, -0.2) is 23.2 Å². The Hall–Kier alpha value is -1.71. The van der Waals surface area contributed by atoms with E-state index in [1.54, 1.807) is 18.3 Å². The number of pyridine rings is 1. The van der Waals surface area contributed by atoms with Crippen molar-refractivity contribution in [3.63, 3.8) is 0 Å². The van der Waals surface area contributed by atoms with Crippen LogP contribution < -0.4 is 5.32 Å². The third-order valence-corrected chi connectivity index (χ3v) is 3.50. The average Bonchev–Trinajstić information content (AvgIpc) is 2.36. The van der Waals surface area contributed by atoms with Crippen LogP contribution in [0.1, 0.15) is 38.1 Å². The van der Waals surface area contributed by atoms with E-state index in [4.69, 9.17) is 0 Å². The van der Waals surface area contributed by atoms with Crippen LogP contribution in [0.5, 0.6) is 0 Å². The van der Waals surface area contributed by atoms with E-state index in [1.807, 2.05) is 27.7 Å². The van der Waals surface area contributed by atoms with E-state index in [0.29, 0.717) is 5.56 Å². The van der Waals surface area contributed by atoms with Crippen molar-refractivity contribution in [1.29, 1.82) is 0 Å². The van der Waals surface area contributed by atoms with Crippen molar-refractivity contribution in [3.8, 4) is 0 Å². The van der Waals surface area contributed by atoms with E-state index in [1.165, 1.54) is 6.20 Å². The number of aromatic nitrogens is 1. The van der Waals surface area contributed by atoms with Gasteiger partial charge in [0.2, 0.25) is 0 Å². The molecule has 0 aliphatic carbocycles. The molecule has 18 heavy (non-hydrogen) atoms. The van der Waals surface area contributed by atoms with Crippen LogP contribution in [-0.2, 0) is 4.79 Å². The van der Waals surface area contributed by atoms with Gasteiger partial charge in [-0.3, -0.25) is 14.6 Å². The maximum absolute atomic E-state index is 12.0. The lowest BCUT2D eigenvalue weighted by molar-refractivity contribution is -0.128. The van der Waals surface area contributed by atoms with Crippen LogP contribution in [0.25, 0.3) is 0 Å². The van der Waals surface area contributed by atoms with Gasteiger partial charge < -0.3 is 5.32 Å². The van der Waals surface area contributed by atoms with E-state index in [-0.39, 0.29) is 24.2 Å². The number of amides is 1. The van der Waals surface area contributed by atoms with Gasteiger partial charge >= 0.3 is 0 Å². The van der Waals surface area contributed by atoms with E-state index in [0.717, 1.165) is 0 Å². The van der Waals surface area contributed by atoms with Gasteiger partial charge in [0, 0.05) is 17.8 Å². The lowest BCUT2D eigenvalue weighted by atomic mass is 9.77. The lowest BCUT2D eigenvalue weighted by Crippen LogP contribution is -2.39. The highest BCUT2D eigenvalue weighted by atomic mass is 16.2. The molecule has 0 spiro atoms. The summed E-state index contributed by atoms with van der Waals surface area (Å²) < 4.78 is 0. The zero-order chi connectivity index (χ0) is 13.8. The minimum atomic E-state index is -0.428. The summed E-state index contributed by atoms with van der Waals surface area (Å²) in [6, 6.07) is 3.36. The summed E-state index contributed by atoms with van der Waals surface area (Å²) in [7, 11) is 0. The number of Topliss-reactive ketones (excluding diaryl/α,β-unsaturated/α-hetero) is 1. The van der Waals surface area contributed by atoms with Gasteiger partial charge in [-0.2, -0.15) is 0 Å². The van der Waals surface area contributed by atoms with Crippen molar-refractivity contribution in [2.45, 2.75) is 27.7 Å². The van der Waals surface area contributed by atoms with E-state index in [9.17, 15) is 9.59 Å². The number of hydrogen-bond donors (Lipinski definition) is 1. The van der Waals surface area contributed by atoms with Gasteiger partial charge in [0.05, 0.1) is 12.1 Å². The van der Waals surface area contributed by atoms with Crippen LogP contribution in [0.3, 0.4) is 0 Å². The maximum atomic E-state index is 12.0. The first-order valence-corrected chi connectivity index (χ1v) is 6.07. The van der Waals surface area contributed by atoms with Crippen molar-refractivity contribution in [2.75, 3.05) is 6.54 Å². The molecule has 0 aromatic carbocycles. The predicted octanol–water partition coefficient (Wildman–Crippen LogP) is 2.06. The van der Waals surface area contributed by atoms with Gasteiger partial charge in [0.1, 0.15) is 0 Å². The summed E-state index contributed by atoms with van der Waals surface area (Å²) in [5.74, 6) is 0.00559. The number of nitrogens with one attached hydrogen (secondary N) is 1. The maximum Gasteiger partial charge on any atom is 0.253 e. The second-order valence-electron chi connectivity index (χ2n) is 5.22. The first-order valence-electron chi connectivity index (χ1n) is 6.07. The fourth-order valence-corrected chi connectivity index (χ4v) is 1.31. The van der Waals surface area contributed by atoms with E-state index in [2.05, 4.69) is 10.3 Å². The molecule has 98 valence electrons. The first kappa shape index (κ1) is 14.4. The van der Waals surface area contributed by atoms with Crippen LogP contribution in [0, 0.1) is 11.3 Å². The molecule has 0 aliphatic rings. The van der Waals surface area contributed by atoms with E-state index < -0.39 is 5.41 Å². The summed E-state index contributed by atoms with van der Waals surface area (Å²) >= 11 is 0. The molecule has 1 heterocycles. The molecule has 1 aromatic heterocycles. The van der Waals surface area contributed by atoms with Crippen molar-refractivity contribution in [3.05, 3.63) is 30.1 Å². The second-order valence-corrected chi connectivity index (χ2v) is 5.22. The molecule has 0 saturated carbocycles. The molecule has 1 aromatic rings. The Morgan fingerprint density at radius 3 is 2.56 bits per heavy atom. The topological polar surface area (TPSA) is 59.1 Å². The van der Waals surface area contributed by atoms with Crippen LogP contribution in [0.4, 0.5) is 0 Å². The number of hydrogen-bond acceptors (Lipinski definition) is 3. The van der Waals surface area contributed by atoms with Crippen molar-refractivity contribution >= 4 is 11.7 Å². The Morgan fingerprint density at radius 1 is 1.39 bits per heavy atom. The predicted molar refractivity (Wildman–Crippen MR) is 70.2 cm³/mol. The van der Waals surface area contributed by atoms with Crippen molar-refractivity contribution in [2.24, 2.45) is 11.3 Å². The molecule has 0 unspecified atom stereocenters. The third kappa shape index (κ3) is 3.39. The van der Waals surface area contributed by atoms with Gasteiger partial charge in [-0.25, -0.2) is 0 Å². The molecule has 0 fully saturated rings. The summed E-state index contributed by atoms with van der Waals surface area (Å²) in [6.45, 7) is 7.85. The lowest BCUT2D eigenvalue weighted by Gasteiger charge is -2.27. The highest BCUT2D eigenvalue weighted by Gasteiger charge is 2.30. The van der Waals surface area contributed by atoms with Crippen LogP contribution >= 0.6 is 0 Å². The number of carbonyl (C=O) groups excluding carboxylic acids is 2. The van der Waals surface area contributed by atoms with Crippen molar-refractivity contribution < 1.29 is 9.59 Å². The van der Waals surface area contributed by atoms with Gasteiger partial charge in [-0.1, -0.05) is 27.7 Å². The minimum absolute atomic E-state index is 0.0368. The number of nitrogens with zero attached hydrogens (tertiary/aromatic N) is 1. The van der Waals surface area contributed by atoms with E-state index >= 15 is 0 Å². The highest BCUT2D eigenvalue weighted by Crippen LogP contribution is 2.26. The second kappa shape index (κ2) is 5.76. The fraction of sp³-hybridized carbons (Fsp3) is 0.500. The summed E-state index contributed by atoms with van der Waals surface area (Å²) in [5.41, 5.74) is 0.0371. The zero-order valence-corrected chi connectivity index (χ0v) is 11.4. The highest BCUT2D eigenvalue weighted by molar-refractivity contribution is 5.97. The monoisotopic (exact) mass is 248 g/mol. The Labute approximate surface area is 108 Å². The molecule has 0 atom stereocenters. The summed E-state index contributed by atoms with van der Waals surface area (Å²) in [4.78, 5) is 27.6. The standard InChI is InChI=1S/C14H20N2O2/c1-10(2)14(3,4)12(17)9-16-13(18)11-6-5-7-15-8-11/h5-8,10H,9H2,1-4H3,(H,16,18). The number of ketones is 1. The Bertz CT molecular complexity index is 425. The van der Waals surface area contributed by atoms with Gasteiger partial charge in [-0.05, 0) is 18.1 Å². The zero-order valence-electron chi connectivity index (χ0n) is 11.4. The molecule has 0 radical (unpaired) electrons. The quantitative estimate of drug-likeness (QED) is 0.867. The molecule has 4 heteroatoms. The largest absolute Gasteiger partial charge is 0.345 e. The molecular formula is C14H20N2O2. The van der Waals surface area contributed by atoms with Gasteiger partial charge in [0.25, 0.3) is 5.91 Å². The summed E-state index contributed by atoms with van der Waals surface area (Å²) in [6.07, 6.45) is 3.08. The molecular weight excluding hydrogens is 228 g/mol. The number of carbonyl (C=O) groups is 2. The molecule has 0 saturated heterocycles. The normalized spacial score (nSPS) is 11.4. The Kier molecular flexibility index (Phi) is 4.59. The Balaban J connectivity index is 2.57. The Morgan fingerprint density at radius 2 is 2.06 bits per heavy atom.